The van der Waals surface area contributed by atoms with Crippen LogP contribution in [-0.4, -0.2) is 78.1 Å². The number of rotatable bonds is 17. The maximum absolute atomic E-state index is 15.2. The van der Waals surface area contributed by atoms with E-state index in [1.165, 1.54) is 79.9 Å². The topological polar surface area (TPSA) is 134 Å². The Labute approximate surface area is 400 Å². The van der Waals surface area contributed by atoms with Gasteiger partial charge in [-0.2, -0.15) is 39.5 Å². The van der Waals surface area contributed by atoms with Crippen molar-refractivity contribution < 1.29 is 96.5 Å². The standard InChI is InChI=1S/C50H45F9O12/c1-28-35-25-31(27-38(64-4)41(35)70-39(28)30-23-24-36(37(26-30)63-3)69-43(61)46(66-6,49(54,55)56)33-19-13-9-14-20-33)40(71-44(62)47(67-7,50(57,58)59)34-21-15-10-16-22-34)29(2)68-42(60)45(65-5,48(51,52)53)32-17-11-8-12-18-32/h8-29,39-40H,1-7H3/t28-,29-,39-,40+,45+,46-,47+/m0/s1. The fourth-order valence-electron chi connectivity index (χ4n) is 8.40. The minimum atomic E-state index is -5.52. The number of hydrogen-bond acceptors (Lipinski definition) is 12. The molecule has 0 fully saturated rings. The van der Waals surface area contributed by atoms with E-state index in [4.69, 9.17) is 42.6 Å². The molecule has 0 aliphatic carbocycles. The molecule has 5 aromatic carbocycles. The van der Waals surface area contributed by atoms with Gasteiger partial charge in [-0.1, -0.05) is 104 Å². The summed E-state index contributed by atoms with van der Waals surface area (Å²) < 4.78 is 183. The summed E-state index contributed by atoms with van der Waals surface area (Å²) in [5.41, 5.74) is -12.9. The van der Waals surface area contributed by atoms with Crippen LogP contribution in [0.3, 0.4) is 0 Å². The molecule has 380 valence electrons. The van der Waals surface area contributed by atoms with E-state index in [9.17, 15) is 27.6 Å². The third-order valence-electron chi connectivity index (χ3n) is 12.0. The van der Waals surface area contributed by atoms with Crippen molar-refractivity contribution in [3.8, 4) is 23.0 Å². The first-order valence-corrected chi connectivity index (χ1v) is 21.2. The number of esters is 3. The van der Waals surface area contributed by atoms with Gasteiger partial charge in [-0.05, 0) is 36.8 Å². The average Bonchev–Trinajstić information content (AvgIpc) is 3.66. The monoisotopic (exact) mass is 1010 g/mol. The van der Waals surface area contributed by atoms with Gasteiger partial charge in [0.05, 0.1) is 14.2 Å². The molecule has 0 amide bonds. The zero-order valence-electron chi connectivity index (χ0n) is 38.7. The van der Waals surface area contributed by atoms with Crippen molar-refractivity contribution in [3.05, 3.63) is 155 Å². The van der Waals surface area contributed by atoms with Crippen LogP contribution in [0.4, 0.5) is 39.5 Å². The van der Waals surface area contributed by atoms with Gasteiger partial charge in [-0.25, -0.2) is 14.4 Å². The van der Waals surface area contributed by atoms with Crippen molar-refractivity contribution in [3.63, 3.8) is 0 Å². The zero-order chi connectivity index (χ0) is 52.3. The van der Waals surface area contributed by atoms with Gasteiger partial charge in [-0.3, -0.25) is 0 Å². The van der Waals surface area contributed by atoms with Gasteiger partial charge < -0.3 is 42.6 Å². The second-order valence-electron chi connectivity index (χ2n) is 16.0. The third-order valence-corrected chi connectivity index (χ3v) is 12.0. The van der Waals surface area contributed by atoms with Crippen LogP contribution in [-0.2, 0) is 54.9 Å². The molecule has 6 rings (SSSR count). The molecular weight excluding hydrogens is 964 g/mol. The molecule has 0 aromatic heterocycles. The highest BCUT2D eigenvalue weighted by molar-refractivity contribution is 5.86. The average molecular weight is 1010 g/mol. The smallest absolute Gasteiger partial charge is 0.432 e. The molecule has 0 saturated heterocycles. The fourth-order valence-corrected chi connectivity index (χ4v) is 8.40. The van der Waals surface area contributed by atoms with Crippen molar-refractivity contribution in [2.45, 2.75) is 73.4 Å². The van der Waals surface area contributed by atoms with Gasteiger partial charge in [0.25, 0.3) is 16.8 Å². The molecule has 0 unspecified atom stereocenters. The molecule has 1 heterocycles. The van der Waals surface area contributed by atoms with Crippen LogP contribution < -0.4 is 18.9 Å². The Morgan fingerprint density at radius 2 is 0.944 bits per heavy atom. The van der Waals surface area contributed by atoms with Crippen LogP contribution in [0.25, 0.3) is 0 Å². The number of halogens is 9. The summed E-state index contributed by atoms with van der Waals surface area (Å²) in [6.07, 6.45) is -21.5. The first kappa shape index (κ1) is 53.5. The number of methoxy groups -OCH3 is 5. The van der Waals surface area contributed by atoms with Gasteiger partial charge in [0.15, 0.2) is 29.1 Å². The molecule has 0 spiro atoms. The Hall–Kier alpha value is -6.84. The van der Waals surface area contributed by atoms with Crippen molar-refractivity contribution in [1.82, 2.24) is 0 Å². The van der Waals surface area contributed by atoms with Crippen LogP contribution in [0, 0.1) is 0 Å². The third kappa shape index (κ3) is 9.44. The van der Waals surface area contributed by atoms with Crippen LogP contribution in [0.1, 0.15) is 65.4 Å². The van der Waals surface area contributed by atoms with E-state index in [1.807, 2.05) is 0 Å². The first-order valence-electron chi connectivity index (χ1n) is 21.2. The lowest BCUT2D eigenvalue weighted by atomic mass is 9.89. The number of ether oxygens (including phenoxy) is 9. The second kappa shape index (κ2) is 20.5. The number of hydrogen-bond donors (Lipinski definition) is 0. The number of carbonyl (C=O) groups excluding carboxylic acids is 3. The summed E-state index contributed by atoms with van der Waals surface area (Å²) in [7, 11) is 4.23. The molecule has 1 aliphatic rings. The minimum Gasteiger partial charge on any atom is -0.493 e. The largest absolute Gasteiger partial charge is 0.493 e. The summed E-state index contributed by atoms with van der Waals surface area (Å²) in [5, 5.41) is 0. The van der Waals surface area contributed by atoms with E-state index in [-0.39, 0.29) is 33.9 Å². The maximum atomic E-state index is 15.2. The van der Waals surface area contributed by atoms with Crippen LogP contribution >= 0.6 is 0 Å². The molecule has 71 heavy (non-hydrogen) atoms. The quantitative estimate of drug-likeness (QED) is 0.0499. The highest BCUT2D eigenvalue weighted by Gasteiger charge is 2.67. The fraction of sp³-hybridized carbons (Fsp3) is 0.340. The lowest BCUT2D eigenvalue weighted by Gasteiger charge is -2.36. The second-order valence-corrected chi connectivity index (χ2v) is 16.0. The molecule has 0 radical (unpaired) electrons. The zero-order valence-corrected chi connectivity index (χ0v) is 38.7. The summed E-state index contributed by atoms with van der Waals surface area (Å²) in [5.74, 6) is -7.60. The van der Waals surface area contributed by atoms with E-state index in [2.05, 4.69) is 0 Å². The van der Waals surface area contributed by atoms with Gasteiger partial charge in [-0.15, -0.1) is 0 Å². The predicted molar refractivity (Wildman–Crippen MR) is 231 cm³/mol. The lowest BCUT2D eigenvalue weighted by molar-refractivity contribution is -0.285. The Morgan fingerprint density at radius 3 is 1.35 bits per heavy atom. The van der Waals surface area contributed by atoms with Gasteiger partial charge in [0.2, 0.25) is 0 Å². The van der Waals surface area contributed by atoms with Crippen molar-refractivity contribution in [2.24, 2.45) is 0 Å². The Balaban J connectivity index is 1.42. The highest BCUT2D eigenvalue weighted by Crippen LogP contribution is 2.54. The van der Waals surface area contributed by atoms with Gasteiger partial charge in [0.1, 0.15) is 12.2 Å². The van der Waals surface area contributed by atoms with Crippen molar-refractivity contribution in [2.75, 3.05) is 35.5 Å². The Kier molecular flexibility index (Phi) is 15.4. The van der Waals surface area contributed by atoms with Crippen molar-refractivity contribution in [1.29, 1.82) is 0 Å². The molecule has 21 heteroatoms. The summed E-state index contributed by atoms with van der Waals surface area (Å²) >= 11 is 0. The molecule has 0 bridgehead atoms. The lowest BCUT2D eigenvalue weighted by Crippen LogP contribution is -2.54. The van der Waals surface area contributed by atoms with E-state index >= 15 is 26.3 Å². The minimum absolute atomic E-state index is 0.0289. The first-order chi connectivity index (χ1) is 33.4. The normalized spacial score (nSPS) is 18.3. The molecule has 5 aromatic rings. The number of benzene rings is 5. The van der Waals surface area contributed by atoms with E-state index in [0.717, 1.165) is 62.6 Å². The number of fused-ring (bicyclic) bond motifs is 1. The maximum Gasteiger partial charge on any atom is 0.432 e. The molecule has 0 saturated carbocycles. The molecular formula is C50H45F9O12. The van der Waals surface area contributed by atoms with E-state index < -0.39 is 99.9 Å². The SMILES string of the molecule is COc1cc([C@H]2Oc3c(OC)cc([C@H](OC(=O)[C@](OC)(c4ccccc4)C(F)(F)F)[C@H](C)OC(=O)[C@](OC)(c4ccccc4)C(F)(F)F)cc3[C@@H]2C)ccc1OC(=O)[C@@](OC)(c1ccccc1)C(F)(F)F. The van der Waals surface area contributed by atoms with Crippen LogP contribution in [0.15, 0.2) is 121 Å². The highest BCUT2D eigenvalue weighted by atomic mass is 19.4. The Bertz CT molecular complexity index is 2680. The number of alkyl halides is 9. The van der Waals surface area contributed by atoms with E-state index in [0.29, 0.717) is 21.3 Å². The van der Waals surface area contributed by atoms with Gasteiger partial charge >= 0.3 is 36.4 Å². The molecule has 12 nitrogen and oxygen atoms in total. The van der Waals surface area contributed by atoms with Crippen LogP contribution in [0.2, 0.25) is 0 Å². The van der Waals surface area contributed by atoms with Crippen LogP contribution in [0.5, 0.6) is 23.0 Å². The van der Waals surface area contributed by atoms with E-state index in [1.54, 1.807) is 6.92 Å². The Morgan fingerprint density at radius 1 is 0.521 bits per heavy atom. The summed E-state index contributed by atoms with van der Waals surface area (Å²) in [4.78, 5) is 41.6. The predicted octanol–water partition coefficient (Wildman–Crippen LogP) is 10.7. The molecule has 7 atom stereocenters. The summed E-state index contributed by atoms with van der Waals surface area (Å²) in [6.45, 7) is 2.60. The molecule has 1 aliphatic heterocycles. The summed E-state index contributed by atoms with van der Waals surface area (Å²) in [6, 6.07) is 23.6. The van der Waals surface area contributed by atoms with Gasteiger partial charge in [0, 0.05) is 55.1 Å². The van der Waals surface area contributed by atoms with Crippen molar-refractivity contribution >= 4 is 17.9 Å². The number of carbonyl (C=O) groups is 3. The molecule has 0 N–H and O–H groups in total.